The van der Waals surface area contributed by atoms with Gasteiger partial charge in [0.15, 0.2) is 0 Å². The van der Waals surface area contributed by atoms with Gasteiger partial charge in [-0.1, -0.05) is 30.3 Å². The standard InChI is InChI=1S/C40H44Cl2N6O6/c1-5-52-39(50)45-29-23-27(25-53-40(51)54-31-14-12-30(13-15-31)48(19-16-41)20-17-42)22-28(24-29)44-36-32-9-6-8-26(2)35(32)46-37-33(36)10-7-11-34(37)38(49)43-18-21-47(3)4/h6-15,22-24H,5,16-21,25H2,1-4H3,(H,43,49)(H,44,46)(H,45,50). The number of ether oxygens (including phenoxy) is 3. The van der Waals surface area contributed by atoms with Crippen molar-refractivity contribution in [3.05, 3.63) is 95.6 Å². The lowest BCUT2D eigenvalue weighted by Gasteiger charge is -2.22. The zero-order valence-corrected chi connectivity index (χ0v) is 32.2. The van der Waals surface area contributed by atoms with Gasteiger partial charge in [-0.2, -0.15) is 0 Å². The van der Waals surface area contributed by atoms with Crippen molar-refractivity contribution in [2.45, 2.75) is 20.5 Å². The molecular weight excluding hydrogens is 731 g/mol. The number of carbonyl (C=O) groups excluding carboxylic acids is 3. The lowest BCUT2D eigenvalue weighted by molar-refractivity contribution is 0.0925. The fraction of sp³-hybridized carbons (Fsp3) is 0.300. The first-order valence-corrected chi connectivity index (χ1v) is 18.6. The summed E-state index contributed by atoms with van der Waals surface area (Å²) in [4.78, 5) is 47.7. The molecule has 5 rings (SSSR count). The molecule has 5 aromatic rings. The van der Waals surface area contributed by atoms with E-state index in [2.05, 4.69) is 16.0 Å². The lowest BCUT2D eigenvalue weighted by atomic mass is 10.0. The summed E-state index contributed by atoms with van der Waals surface area (Å²) in [6.07, 6.45) is -1.54. The summed E-state index contributed by atoms with van der Waals surface area (Å²) in [7, 11) is 3.89. The molecule has 0 aliphatic carbocycles. The van der Waals surface area contributed by atoms with E-state index in [9.17, 15) is 14.4 Å². The van der Waals surface area contributed by atoms with Crippen molar-refractivity contribution < 1.29 is 28.6 Å². The topological polar surface area (TPSA) is 134 Å². The van der Waals surface area contributed by atoms with Gasteiger partial charge in [-0.15, -0.1) is 23.2 Å². The fourth-order valence-corrected chi connectivity index (χ4v) is 6.26. The van der Waals surface area contributed by atoms with Gasteiger partial charge in [0.05, 0.1) is 28.9 Å². The number of nitrogens with one attached hydrogen (secondary N) is 3. The number of likely N-dealkylation sites (N-methyl/N-ethyl adjacent to an activating group) is 1. The monoisotopic (exact) mass is 774 g/mol. The lowest BCUT2D eigenvalue weighted by Crippen LogP contribution is -2.31. The number of hydrogen-bond acceptors (Lipinski definition) is 10. The second-order valence-corrected chi connectivity index (χ2v) is 13.4. The molecule has 54 heavy (non-hydrogen) atoms. The first-order chi connectivity index (χ1) is 26.1. The largest absolute Gasteiger partial charge is 0.514 e. The number of aromatic nitrogens is 1. The van der Waals surface area contributed by atoms with Crippen LogP contribution in [-0.4, -0.2) is 86.7 Å². The first kappa shape index (κ1) is 39.9. The van der Waals surface area contributed by atoms with E-state index >= 15 is 0 Å². The van der Waals surface area contributed by atoms with E-state index in [1.807, 2.05) is 73.3 Å². The van der Waals surface area contributed by atoms with E-state index < -0.39 is 12.2 Å². The summed E-state index contributed by atoms with van der Waals surface area (Å²) in [6, 6.07) is 23.6. The fourth-order valence-electron chi connectivity index (χ4n) is 5.85. The van der Waals surface area contributed by atoms with Gasteiger partial charge in [-0.25, -0.2) is 14.6 Å². The van der Waals surface area contributed by atoms with Gasteiger partial charge in [-0.3, -0.25) is 10.1 Å². The maximum absolute atomic E-state index is 13.4. The Hall–Kier alpha value is -5.30. The third kappa shape index (κ3) is 10.4. The SMILES string of the molecule is CCOC(=O)Nc1cc(COC(=O)Oc2ccc(N(CCCl)CCCl)cc2)cc(Nc2c3cccc(C)c3nc3c(C(=O)NCCN(C)C)cccc23)c1. The van der Waals surface area contributed by atoms with E-state index in [-0.39, 0.29) is 19.1 Å². The van der Waals surface area contributed by atoms with Crippen LogP contribution in [0.3, 0.4) is 0 Å². The number of anilines is 4. The Labute approximate surface area is 324 Å². The number of para-hydroxylation sites is 2. The van der Waals surface area contributed by atoms with Crippen LogP contribution < -0.4 is 25.6 Å². The van der Waals surface area contributed by atoms with Crippen LogP contribution in [0.25, 0.3) is 21.8 Å². The number of halogens is 2. The molecule has 14 heteroatoms. The van der Waals surface area contributed by atoms with Gasteiger partial charge >= 0.3 is 12.2 Å². The molecule has 0 unspecified atom stereocenters. The van der Waals surface area contributed by atoms with Crippen molar-refractivity contribution in [2.75, 3.05) is 74.2 Å². The third-order valence-corrected chi connectivity index (χ3v) is 8.72. The van der Waals surface area contributed by atoms with Gasteiger partial charge in [0.2, 0.25) is 0 Å². The average Bonchev–Trinajstić information content (AvgIpc) is 3.14. The number of carbonyl (C=O) groups is 3. The Morgan fingerprint density at radius 3 is 2.19 bits per heavy atom. The zero-order valence-electron chi connectivity index (χ0n) is 30.7. The Bertz CT molecular complexity index is 2090. The number of benzene rings is 4. The number of fused-ring (bicyclic) bond motifs is 2. The number of amides is 2. The molecule has 2 amide bonds. The normalized spacial score (nSPS) is 11.0. The summed E-state index contributed by atoms with van der Waals surface area (Å²) in [5, 5.41) is 10.8. The van der Waals surface area contributed by atoms with Crippen LogP contribution in [0.2, 0.25) is 0 Å². The van der Waals surface area contributed by atoms with E-state index in [1.54, 1.807) is 43.3 Å². The molecule has 0 radical (unpaired) electrons. The van der Waals surface area contributed by atoms with Crippen LogP contribution in [0.4, 0.5) is 32.3 Å². The molecule has 1 heterocycles. The van der Waals surface area contributed by atoms with E-state index in [4.69, 9.17) is 42.4 Å². The smallest absolute Gasteiger partial charge is 0.450 e. The summed E-state index contributed by atoms with van der Waals surface area (Å²) in [5.41, 5.74) is 5.78. The number of hydrogen-bond donors (Lipinski definition) is 3. The second kappa shape index (κ2) is 19.2. The van der Waals surface area contributed by atoms with Crippen molar-refractivity contribution in [3.8, 4) is 5.75 Å². The summed E-state index contributed by atoms with van der Waals surface area (Å²) in [6.45, 7) is 6.12. The van der Waals surface area contributed by atoms with Crippen LogP contribution in [0.15, 0.2) is 78.9 Å². The number of pyridine rings is 1. The molecule has 12 nitrogen and oxygen atoms in total. The zero-order chi connectivity index (χ0) is 38.6. The van der Waals surface area contributed by atoms with E-state index in [0.717, 1.165) is 27.5 Å². The molecule has 1 aromatic heterocycles. The van der Waals surface area contributed by atoms with Crippen LogP contribution >= 0.6 is 23.2 Å². The van der Waals surface area contributed by atoms with Gasteiger partial charge in [0.1, 0.15) is 12.4 Å². The predicted molar refractivity (Wildman–Crippen MR) is 216 cm³/mol. The Morgan fingerprint density at radius 2 is 1.50 bits per heavy atom. The van der Waals surface area contributed by atoms with Crippen LogP contribution in [0, 0.1) is 6.92 Å². The Kier molecular flexibility index (Phi) is 14.2. The van der Waals surface area contributed by atoms with Crippen molar-refractivity contribution in [3.63, 3.8) is 0 Å². The minimum Gasteiger partial charge on any atom is -0.450 e. The maximum atomic E-state index is 13.4. The van der Waals surface area contributed by atoms with Crippen molar-refractivity contribution >= 4 is 85.9 Å². The highest BCUT2D eigenvalue weighted by Gasteiger charge is 2.18. The number of nitrogens with zero attached hydrogens (tertiary/aromatic N) is 3. The molecule has 0 spiro atoms. The van der Waals surface area contributed by atoms with Crippen molar-refractivity contribution in [2.24, 2.45) is 0 Å². The van der Waals surface area contributed by atoms with Gasteiger partial charge in [-0.05, 0) is 87.6 Å². The Balaban J connectivity index is 1.44. The number of aryl methyl sites for hydroxylation is 1. The molecule has 0 fully saturated rings. The second-order valence-electron chi connectivity index (χ2n) is 12.6. The predicted octanol–water partition coefficient (Wildman–Crippen LogP) is 8.30. The minimum absolute atomic E-state index is 0.169. The van der Waals surface area contributed by atoms with Crippen molar-refractivity contribution in [1.82, 2.24) is 15.2 Å². The molecule has 3 N–H and O–H groups in total. The van der Waals surface area contributed by atoms with Crippen LogP contribution in [0.1, 0.15) is 28.4 Å². The number of rotatable bonds is 16. The first-order valence-electron chi connectivity index (χ1n) is 17.5. The maximum Gasteiger partial charge on any atom is 0.514 e. The summed E-state index contributed by atoms with van der Waals surface area (Å²) in [5.74, 6) is 0.971. The van der Waals surface area contributed by atoms with Crippen molar-refractivity contribution in [1.29, 1.82) is 0 Å². The van der Waals surface area contributed by atoms with Crippen LogP contribution in [-0.2, 0) is 16.1 Å². The third-order valence-electron chi connectivity index (χ3n) is 8.38. The summed E-state index contributed by atoms with van der Waals surface area (Å²) < 4.78 is 16.1. The molecule has 0 saturated heterocycles. The number of alkyl halides is 2. The molecule has 0 aliphatic rings. The van der Waals surface area contributed by atoms with Gasteiger partial charge in [0.25, 0.3) is 5.91 Å². The van der Waals surface area contributed by atoms with Gasteiger partial charge < -0.3 is 34.6 Å². The average molecular weight is 776 g/mol. The Morgan fingerprint density at radius 1 is 0.815 bits per heavy atom. The van der Waals surface area contributed by atoms with Crippen LogP contribution in [0.5, 0.6) is 5.75 Å². The highest BCUT2D eigenvalue weighted by Crippen LogP contribution is 2.36. The highest BCUT2D eigenvalue weighted by molar-refractivity contribution is 6.18. The summed E-state index contributed by atoms with van der Waals surface area (Å²) >= 11 is 11.9. The molecular formula is C40H44Cl2N6O6. The van der Waals surface area contributed by atoms with E-state index in [1.165, 1.54) is 0 Å². The highest BCUT2D eigenvalue weighted by atomic mass is 35.5. The molecule has 284 valence electrons. The quantitative estimate of drug-likeness (QED) is 0.0389. The molecule has 0 saturated carbocycles. The minimum atomic E-state index is -0.905. The molecule has 0 atom stereocenters. The molecule has 0 aliphatic heterocycles. The van der Waals surface area contributed by atoms with Gasteiger partial charge in [0, 0.05) is 65.8 Å². The molecule has 4 aromatic carbocycles. The van der Waals surface area contributed by atoms with E-state index in [0.29, 0.717) is 77.4 Å². The molecule has 0 bridgehead atoms.